The molecule has 0 atom stereocenters. The van der Waals surface area contributed by atoms with E-state index in [1.165, 1.54) is 14.0 Å². The van der Waals surface area contributed by atoms with Crippen molar-refractivity contribution in [2.24, 2.45) is 0 Å². The van der Waals surface area contributed by atoms with Crippen LogP contribution in [0.3, 0.4) is 0 Å². The summed E-state index contributed by atoms with van der Waals surface area (Å²) in [5.41, 5.74) is 1.02. The highest BCUT2D eigenvalue weighted by atomic mass is 16.5. The number of rotatable bonds is 4. The third-order valence-electron chi connectivity index (χ3n) is 2.72. The van der Waals surface area contributed by atoms with E-state index in [0.717, 1.165) is 0 Å². The van der Waals surface area contributed by atoms with Crippen molar-refractivity contribution < 1.29 is 14.3 Å². The molecular weight excluding hydrogens is 254 g/mol. The molecular formula is C16H13NO3. The molecule has 100 valence electrons. The summed E-state index contributed by atoms with van der Waals surface area (Å²) < 4.78 is 10.8. The first-order chi connectivity index (χ1) is 9.62. The Hall–Kier alpha value is -2.80. The second kappa shape index (κ2) is 5.89. The first-order valence-corrected chi connectivity index (χ1v) is 6.00. The van der Waals surface area contributed by atoms with Crippen LogP contribution < -0.4 is 9.47 Å². The molecule has 0 fully saturated rings. The van der Waals surface area contributed by atoms with Gasteiger partial charge in [0, 0.05) is 11.6 Å². The Morgan fingerprint density at radius 3 is 2.50 bits per heavy atom. The Morgan fingerprint density at radius 1 is 1.10 bits per heavy atom. The summed E-state index contributed by atoms with van der Waals surface area (Å²) in [6.07, 6.45) is 0. The molecule has 0 aliphatic carbocycles. The van der Waals surface area contributed by atoms with Crippen LogP contribution in [0.25, 0.3) is 0 Å². The van der Waals surface area contributed by atoms with E-state index in [1.54, 1.807) is 42.5 Å². The number of methoxy groups -OCH3 is 1. The van der Waals surface area contributed by atoms with Crippen LogP contribution in [0.2, 0.25) is 0 Å². The number of Topliss-reactive ketones (excluding diaryl/α,β-unsaturated/α-hetero) is 1. The molecule has 4 nitrogen and oxygen atoms in total. The number of carbonyl (C=O) groups is 1. The highest BCUT2D eigenvalue weighted by molar-refractivity contribution is 5.94. The van der Waals surface area contributed by atoms with E-state index in [-0.39, 0.29) is 5.78 Å². The largest absolute Gasteiger partial charge is 0.497 e. The predicted octanol–water partition coefficient (Wildman–Crippen LogP) is 3.56. The lowest BCUT2D eigenvalue weighted by molar-refractivity contribution is 0.101. The van der Waals surface area contributed by atoms with Crippen LogP contribution in [0, 0.1) is 11.3 Å². The maximum atomic E-state index is 11.3. The molecule has 2 aromatic rings. The second-order valence-electron chi connectivity index (χ2n) is 4.20. The fourth-order valence-corrected chi connectivity index (χ4v) is 1.73. The molecule has 0 amide bonds. The highest BCUT2D eigenvalue weighted by Gasteiger charge is 2.05. The van der Waals surface area contributed by atoms with Gasteiger partial charge in [-0.05, 0) is 31.2 Å². The van der Waals surface area contributed by atoms with E-state index in [9.17, 15) is 4.79 Å². The van der Waals surface area contributed by atoms with Gasteiger partial charge in [0.05, 0.1) is 18.7 Å². The number of nitriles is 1. The fraction of sp³-hybridized carbons (Fsp3) is 0.125. The molecule has 0 heterocycles. The average Bonchev–Trinajstić information content (AvgIpc) is 2.47. The minimum Gasteiger partial charge on any atom is -0.497 e. The molecule has 0 N–H and O–H groups in total. The Bertz CT molecular complexity index is 686. The Balaban J connectivity index is 2.32. The minimum atomic E-state index is -0.0289. The van der Waals surface area contributed by atoms with Gasteiger partial charge >= 0.3 is 0 Å². The third kappa shape index (κ3) is 3.15. The average molecular weight is 267 g/mol. The number of nitrogens with zero attached hydrogens (tertiary/aromatic N) is 1. The molecule has 0 aliphatic rings. The quantitative estimate of drug-likeness (QED) is 0.795. The van der Waals surface area contributed by atoms with E-state index < -0.39 is 0 Å². The molecule has 0 aromatic heterocycles. The van der Waals surface area contributed by atoms with Crippen LogP contribution >= 0.6 is 0 Å². The summed E-state index contributed by atoms with van der Waals surface area (Å²) in [4.78, 5) is 11.3. The van der Waals surface area contributed by atoms with Crippen LogP contribution in [-0.4, -0.2) is 12.9 Å². The number of ether oxygens (including phenoxy) is 2. The van der Waals surface area contributed by atoms with Gasteiger partial charge in [0.2, 0.25) is 0 Å². The van der Waals surface area contributed by atoms with Crippen LogP contribution in [-0.2, 0) is 0 Å². The van der Waals surface area contributed by atoms with Crippen molar-refractivity contribution in [2.45, 2.75) is 6.92 Å². The number of ketones is 1. The molecule has 0 bridgehead atoms. The van der Waals surface area contributed by atoms with Crippen LogP contribution in [0.4, 0.5) is 0 Å². The minimum absolute atomic E-state index is 0.0289. The van der Waals surface area contributed by atoms with Gasteiger partial charge in [-0.3, -0.25) is 4.79 Å². The van der Waals surface area contributed by atoms with Gasteiger partial charge in [-0.15, -0.1) is 0 Å². The van der Waals surface area contributed by atoms with Gasteiger partial charge in [0.25, 0.3) is 0 Å². The zero-order chi connectivity index (χ0) is 14.5. The van der Waals surface area contributed by atoms with Gasteiger partial charge < -0.3 is 9.47 Å². The maximum Gasteiger partial charge on any atom is 0.159 e. The number of benzene rings is 2. The topological polar surface area (TPSA) is 59.3 Å². The molecule has 0 saturated heterocycles. The molecule has 0 aliphatic heterocycles. The Morgan fingerprint density at radius 2 is 1.85 bits per heavy atom. The van der Waals surface area contributed by atoms with Crippen molar-refractivity contribution in [3.63, 3.8) is 0 Å². The van der Waals surface area contributed by atoms with Crippen molar-refractivity contribution in [2.75, 3.05) is 7.11 Å². The number of hydrogen-bond acceptors (Lipinski definition) is 4. The van der Waals surface area contributed by atoms with Crippen molar-refractivity contribution >= 4 is 5.78 Å². The smallest absolute Gasteiger partial charge is 0.159 e. The van der Waals surface area contributed by atoms with E-state index in [0.29, 0.717) is 28.4 Å². The van der Waals surface area contributed by atoms with Crippen molar-refractivity contribution in [1.29, 1.82) is 5.26 Å². The summed E-state index contributed by atoms with van der Waals surface area (Å²) in [7, 11) is 1.52. The lowest BCUT2D eigenvalue weighted by Crippen LogP contribution is -1.93. The van der Waals surface area contributed by atoms with Gasteiger partial charge in [-0.1, -0.05) is 12.1 Å². The SMILES string of the molecule is COc1cc(C#N)cc(Oc2cccc(C(C)=O)c2)c1. The monoisotopic (exact) mass is 267 g/mol. The van der Waals surface area contributed by atoms with Gasteiger partial charge in [-0.2, -0.15) is 5.26 Å². The predicted molar refractivity (Wildman–Crippen MR) is 74.2 cm³/mol. The summed E-state index contributed by atoms with van der Waals surface area (Å²) in [5, 5.41) is 8.96. The third-order valence-corrected chi connectivity index (χ3v) is 2.72. The van der Waals surface area contributed by atoms with Crippen molar-refractivity contribution in [3.05, 3.63) is 53.6 Å². The summed E-state index contributed by atoms with van der Waals surface area (Å²) >= 11 is 0. The molecule has 0 radical (unpaired) electrons. The zero-order valence-corrected chi connectivity index (χ0v) is 11.2. The van der Waals surface area contributed by atoms with E-state index in [1.807, 2.05) is 6.07 Å². The van der Waals surface area contributed by atoms with Crippen molar-refractivity contribution in [1.82, 2.24) is 0 Å². The van der Waals surface area contributed by atoms with Gasteiger partial charge in [-0.25, -0.2) is 0 Å². The molecule has 0 spiro atoms. The lowest BCUT2D eigenvalue weighted by Gasteiger charge is -2.09. The second-order valence-corrected chi connectivity index (χ2v) is 4.20. The van der Waals surface area contributed by atoms with E-state index in [4.69, 9.17) is 14.7 Å². The summed E-state index contributed by atoms with van der Waals surface area (Å²) in [6, 6.07) is 13.8. The maximum absolute atomic E-state index is 11.3. The molecule has 2 rings (SSSR count). The molecule has 0 saturated carbocycles. The van der Waals surface area contributed by atoms with Gasteiger partial charge in [0.15, 0.2) is 5.78 Å². The number of carbonyl (C=O) groups excluding carboxylic acids is 1. The highest BCUT2D eigenvalue weighted by Crippen LogP contribution is 2.27. The Labute approximate surface area is 117 Å². The lowest BCUT2D eigenvalue weighted by atomic mass is 10.1. The first-order valence-electron chi connectivity index (χ1n) is 6.00. The Kier molecular flexibility index (Phi) is 4.02. The molecule has 20 heavy (non-hydrogen) atoms. The van der Waals surface area contributed by atoms with Crippen LogP contribution in [0.15, 0.2) is 42.5 Å². The molecule has 0 unspecified atom stereocenters. The summed E-state index contributed by atoms with van der Waals surface area (Å²) in [6.45, 7) is 1.50. The van der Waals surface area contributed by atoms with Gasteiger partial charge in [0.1, 0.15) is 17.2 Å². The normalized spacial score (nSPS) is 9.65. The zero-order valence-electron chi connectivity index (χ0n) is 11.2. The standard InChI is InChI=1S/C16H13NO3/c1-11(18)13-4-3-5-14(8-13)20-16-7-12(10-17)6-15(9-16)19-2/h3-9H,1-2H3. The fourth-order valence-electron chi connectivity index (χ4n) is 1.73. The van der Waals surface area contributed by atoms with Crippen LogP contribution in [0.1, 0.15) is 22.8 Å². The van der Waals surface area contributed by atoms with E-state index >= 15 is 0 Å². The van der Waals surface area contributed by atoms with E-state index in [2.05, 4.69) is 0 Å². The van der Waals surface area contributed by atoms with Crippen LogP contribution in [0.5, 0.6) is 17.2 Å². The number of hydrogen-bond donors (Lipinski definition) is 0. The molecule has 2 aromatic carbocycles. The summed E-state index contributed by atoms with van der Waals surface area (Å²) in [5.74, 6) is 1.54. The molecule has 4 heteroatoms. The van der Waals surface area contributed by atoms with Crippen molar-refractivity contribution in [3.8, 4) is 23.3 Å². The first kappa shape index (κ1) is 13.6.